The molecule has 0 saturated heterocycles. The summed E-state index contributed by atoms with van der Waals surface area (Å²) in [6, 6.07) is 7.77. The number of carboxylic acids is 1. The largest absolute Gasteiger partial charge is 0.545 e. The number of aromatic carboxylic acids is 1. The van der Waals surface area contributed by atoms with E-state index < -0.39 is 33.1 Å². The Balaban J connectivity index is 2.42. The number of hydrogen-bond donors (Lipinski definition) is 1. The minimum atomic E-state index is -1.53. The van der Waals surface area contributed by atoms with E-state index in [0.29, 0.717) is 6.07 Å². The van der Waals surface area contributed by atoms with Crippen LogP contribution >= 0.6 is 0 Å². The molecule has 0 unspecified atom stereocenters. The molecule has 0 heterocycles. The van der Waals surface area contributed by atoms with Crippen LogP contribution in [0.5, 0.6) is 0 Å². The summed E-state index contributed by atoms with van der Waals surface area (Å²) in [5.41, 5.74) is -2.03. The van der Waals surface area contributed by atoms with Crippen molar-refractivity contribution >= 4 is 28.9 Å². The maximum absolute atomic E-state index is 12.2. The van der Waals surface area contributed by atoms with Crippen molar-refractivity contribution in [1.82, 2.24) is 0 Å². The van der Waals surface area contributed by atoms with Gasteiger partial charge >= 0.3 is 0 Å². The van der Waals surface area contributed by atoms with Gasteiger partial charge in [-0.1, -0.05) is 18.2 Å². The molecule has 0 saturated carbocycles. The molecule has 2 aromatic carbocycles. The third-order valence-corrected chi connectivity index (χ3v) is 2.98. The third kappa shape index (κ3) is 3.50. The lowest BCUT2D eigenvalue weighted by Crippen LogP contribution is -2.24. The van der Waals surface area contributed by atoms with Crippen LogP contribution in [0.25, 0.3) is 0 Å². The summed E-state index contributed by atoms with van der Waals surface area (Å²) >= 11 is 0. The van der Waals surface area contributed by atoms with E-state index in [2.05, 4.69) is 5.32 Å². The fourth-order valence-electron chi connectivity index (χ4n) is 1.90. The van der Waals surface area contributed by atoms with Crippen molar-refractivity contribution in [3.05, 3.63) is 73.8 Å². The molecule has 10 nitrogen and oxygen atoms in total. The van der Waals surface area contributed by atoms with Gasteiger partial charge in [0.05, 0.1) is 33.1 Å². The van der Waals surface area contributed by atoms with E-state index in [9.17, 15) is 34.9 Å². The lowest BCUT2D eigenvalue weighted by atomic mass is 10.1. The molecule has 0 aliphatic heterocycles. The van der Waals surface area contributed by atoms with Crippen molar-refractivity contribution < 1.29 is 24.5 Å². The van der Waals surface area contributed by atoms with Gasteiger partial charge in [-0.25, -0.2) is 0 Å². The van der Waals surface area contributed by atoms with E-state index in [0.717, 1.165) is 12.1 Å². The molecule has 0 atom stereocenters. The number of nitrogens with one attached hydrogen (secondary N) is 1. The molecule has 0 aliphatic carbocycles. The SMILES string of the molecule is O=C(Nc1ccccc1C(=O)[O-])c1cc([N+](=O)[O-])cc([N+](=O)[O-])c1. The highest BCUT2D eigenvalue weighted by atomic mass is 16.6. The number of nitrogens with zero attached hydrogens (tertiary/aromatic N) is 2. The summed E-state index contributed by atoms with van der Waals surface area (Å²) in [6.07, 6.45) is 0. The Bertz CT molecular complexity index is 831. The third-order valence-electron chi connectivity index (χ3n) is 2.98. The van der Waals surface area contributed by atoms with Gasteiger partial charge in [-0.15, -0.1) is 0 Å². The molecule has 24 heavy (non-hydrogen) atoms. The van der Waals surface area contributed by atoms with Crippen LogP contribution in [0.2, 0.25) is 0 Å². The number of anilines is 1. The highest BCUT2D eigenvalue weighted by molar-refractivity contribution is 6.08. The number of rotatable bonds is 5. The van der Waals surface area contributed by atoms with Crippen molar-refractivity contribution in [3.8, 4) is 0 Å². The number of para-hydroxylation sites is 1. The van der Waals surface area contributed by atoms with E-state index >= 15 is 0 Å². The number of carboxylic acid groups (broad SMARTS) is 1. The molecule has 0 spiro atoms. The van der Waals surface area contributed by atoms with Crippen molar-refractivity contribution in [2.45, 2.75) is 0 Å². The number of benzene rings is 2. The highest BCUT2D eigenvalue weighted by Gasteiger charge is 2.20. The van der Waals surface area contributed by atoms with Gasteiger partial charge in [0, 0.05) is 17.7 Å². The quantitative estimate of drug-likeness (QED) is 0.635. The molecule has 0 fully saturated rings. The number of carbonyl (C=O) groups is 2. The van der Waals surface area contributed by atoms with Crippen LogP contribution in [0, 0.1) is 20.2 Å². The van der Waals surface area contributed by atoms with Gasteiger partial charge in [0.15, 0.2) is 0 Å². The molecule has 1 N–H and O–H groups in total. The van der Waals surface area contributed by atoms with Crippen molar-refractivity contribution in [1.29, 1.82) is 0 Å². The van der Waals surface area contributed by atoms with Crippen molar-refractivity contribution in [2.75, 3.05) is 5.32 Å². The first kappa shape index (κ1) is 16.5. The Hall–Kier alpha value is -3.82. The Morgan fingerprint density at radius 1 is 0.917 bits per heavy atom. The number of carbonyl (C=O) groups excluding carboxylic acids is 2. The lowest BCUT2D eigenvalue weighted by Gasteiger charge is -2.11. The summed E-state index contributed by atoms with van der Waals surface area (Å²) in [5, 5.41) is 34.9. The predicted molar refractivity (Wildman–Crippen MR) is 78.5 cm³/mol. The van der Waals surface area contributed by atoms with Crippen LogP contribution in [0.4, 0.5) is 17.1 Å². The number of non-ortho nitro benzene ring substituents is 2. The average molecular weight is 330 g/mol. The molecule has 0 bridgehead atoms. The molecule has 2 aromatic rings. The predicted octanol–water partition coefficient (Wildman–Crippen LogP) is 1.12. The Morgan fingerprint density at radius 2 is 1.46 bits per heavy atom. The first-order valence-corrected chi connectivity index (χ1v) is 6.35. The number of amides is 1. The lowest BCUT2D eigenvalue weighted by molar-refractivity contribution is -0.394. The van der Waals surface area contributed by atoms with E-state index in [1.54, 1.807) is 0 Å². The van der Waals surface area contributed by atoms with E-state index in [1.807, 2.05) is 0 Å². The fourth-order valence-corrected chi connectivity index (χ4v) is 1.90. The van der Waals surface area contributed by atoms with Crippen LogP contribution in [0.15, 0.2) is 42.5 Å². The number of nitro benzene ring substituents is 2. The molecular weight excluding hydrogens is 322 g/mol. The summed E-state index contributed by atoms with van der Waals surface area (Å²) < 4.78 is 0. The molecule has 0 aromatic heterocycles. The summed E-state index contributed by atoms with van der Waals surface area (Å²) in [5.74, 6) is -2.47. The topological polar surface area (TPSA) is 156 Å². The second-order valence-electron chi connectivity index (χ2n) is 4.54. The second kappa shape index (κ2) is 6.52. The smallest absolute Gasteiger partial charge is 0.277 e. The first-order chi connectivity index (χ1) is 11.3. The molecule has 2 rings (SSSR count). The van der Waals surface area contributed by atoms with Gasteiger partial charge in [-0.05, 0) is 6.07 Å². The molecule has 1 amide bonds. The Labute approximate surface area is 133 Å². The van der Waals surface area contributed by atoms with E-state index in [-0.39, 0.29) is 16.8 Å². The zero-order valence-corrected chi connectivity index (χ0v) is 11.8. The Morgan fingerprint density at radius 3 is 1.96 bits per heavy atom. The number of hydrogen-bond acceptors (Lipinski definition) is 7. The Kier molecular flexibility index (Phi) is 4.50. The number of nitro groups is 2. The van der Waals surface area contributed by atoms with E-state index in [4.69, 9.17) is 0 Å². The van der Waals surface area contributed by atoms with E-state index in [1.165, 1.54) is 24.3 Å². The summed E-state index contributed by atoms with van der Waals surface area (Å²) in [7, 11) is 0. The molecule has 10 heteroatoms. The molecular formula is C14H8N3O7-. The van der Waals surface area contributed by atoms with Crippen LogP contribution in [-0.2, 0) is 0 Å². The van der Waals surface area contributed by atoms with Gasteiger partial charge in [-0.3, -0.25) is 25.0 Å². The zero-order valence-electron chi connectivity index (χ0n) is 11.8. The zero-order chi connectivity index (χ0) is 17.9. The summed E-state index contributed by atoms with van der Waals surface area (Å²) in [6.45, 7) is 0. The monoisotopic (exact) mass is 330 g/mol. The van der Waals surface area contributed by atoms with Gasteiger partial charge in [0.25, 0.3) is 17.3 Å². The normalized spacial score (nSPS) is 10.0. The van der Waals surface area contributed by atoms with Gasteiger partial charge in [0.1, 0.15) is 0 Å². The maximum Gasteiger partial charge on any atom is 0.277 e. The highest BCUT2D eigenvalue weighted by Crippen LogP contribution is 2.24. The van der Waals surface area contributed by atoms with Gasteiger partial charge < -0.3 is 15.2 Å². The van der Waals surface area contributed by atoms with Crippen LogP contribution in [-0.4, -0.2) is 21.7 Å². The standard InChI is InChI=1S/C14H9N3O7/c18-13(15-12-4-2-1-3-11(12)14(19)20)8-5-9(16(21)22)7-10(6-8)17(23)24/h1-7H,(H,15,18)(H,19,20)/p-1. The second-order valence-corrected chi connectivity index (χ2v) is 4.54. The van der Waals surface area contributed by atoms with Crippen molar-refractivity contribution in [3.63, 3.8) is 0 Å². The minimum Gasteiger partial charge on any atom is -0.545 e. The molecule has 0 aliphatic rings. The van der Waals surface area contributed by atoms with Gasteiger partial charge in [-0.2, -0.15) is 0 Å². The fraction of sp³-hybridized carbons (Fsp3) is 0. The molecule has 122 valence electrons. The molecule has 0 radical (unpaired) electrons. The van der Waals surface area contributed by atoms with Crippen LogP contribution in [0.3, 0.4) is 0 Å². The average Bonchev–Trinajstić information content (AvgIpc) is 2.54. The van der Waals surface area contributed by atoms with Gasteiger partial charge in [0.2, 0.25) is 0 Å². The van der Waals surface area contributed by atoms with Crippen LogP contribution in [0.1, 0.15) is 20.7 Å². The van der Waals surface area contributed by atoms with Crippen LogP contribution < -0.4 is 10.4 Å². The first-order valence-electron chi connectivity index (χ1n) is 6.35. The maximum atomic E-state index is 12.2. The minimum absolute atomic E-state index is 0.100. The summed E-state index contributed by atoms with van der Waals surface area (Å²) in [4.78, 5) is 43.0. The van der Waals surface area contributed by atoms with Crippen molar-refractivity contribution in [2.24, 2.45) is 0 Å².